The van der Waals surface area contributed by atoms with Crippen molar-refractivity contribution in [3.63, 3.8) is 0 Å². The Labute approximate surface area is 102 Å². The molecule has 0 atom stereocenters. The van der Waals surface area contributed by atoms with Crippen LogP contribution in [0.4, 0.5) is 5.95 Å². The molecule has 1 aromatic rings. The van der Waals surface area contributed by atoms with E-state index in [9.17, 15) is 0 Å². The molecule has 0 aliphatic carbocycles. The van der Waals surface area contributed by atoms with Crippen LogP contribution in [0.3, 0.4) is 0 Å². The first-order valence-corrected chi connectivity index (χ1v) is 5.87. The Morgan fingerprint density at radius 2 is 1.94 bits per heavy atom. The molecule has 6 heteroatoms. The zero-order valence-corrected chi connectivity index (χ0v) is 11.5. The van der Waals surface area contributed by atoms with Crippen LogP contribution in [-0.2, 0) is 0 Å². The van der Waals surface area contributed by atoms with Gasteiger partial charge in [0.2, 0.25) is 5.95 Å². The fourth-order valence-corrected chi connectivity index (χ4v) is 1.82. The van der Waals surface area contributed by atoms with Gasteiger partial charge in [-0.3, -0.25) is 4.57 Å². The van der Waals surface area contributed by atoms with E-state index in [1.165, 1.54) is 0 Å². The van der Waals surface area contributed by atoms with Gasteiger partial charge in [-0.2, -0.15) is 0 Å². The molecule has 0 radical (unpaired) electrons. The van der Waals surface area contributed by atoms with Crippen LogP contribution in [0.2, 0.25) is 0 Å². The summed E-state index contributed by atoms with van der Waals surface area (Å²) in [5.41, 5.74) is 0. The molecule has 0 spiro atoms. The first-order chi connectivity index (χ1) is 7.43. The summed E-state index contributed by atoms with van der Waals surface area (Å²) in [5.74, 6) is 0.904. The van der Waals surface area contributed by atoms with E-state index in [4.69, 9.17) is 12.2 Å². The molecule has 0 bridgehead atoms. The smallest absolute Gasteiger partial charge is 0.225 e. The molecule has 5 nitrogen and oxygen atoms in total. The Morgan fingerprint density at radius 1 is 1.31 bits per heavy atom. The predicted octanol–water partition coefficient (Wildman–Crippen LogP) is 1.52. The fraction of sp³-hybridized carbons (Fsp3) is 0.800. The third-order valence-electron chi connectivity index (χ3n) is 2.43. The SMILES string of the molecule is CC(C)n1c(N(C)CCN(C)C)n[nH]c1=S. The number of likely N-dealkylation sites (N-methyl/N-ethyl adjacent to an activating group) is 2. The number of nitrogens with one attached hydrogen (secondary N) is 1. The second-order valence-electron chi connectivity index (χ2n) is 4.52. The summed E-state index contributed by atoms with van der Waals surface area (Å²) in [4.78, 5) is 4.27. The molecule has 1 aromatic heterocycles. The molecule has 0 aromatic carbocycles. The van der Waals surface area contributed by atoms with Crippen molar-refractivity contribution in [1.29, 1.82) is 0 Å². The lowest BCUT2D eigenvalue weighted by Crippen LogP contribution is -2.30. The topological polar surface area (TPSA) is 40.1 Å². The van der Waals surface area contributed by atoms with E-state index >= 15 is 0 Å². The van der Waals surface area contributed by atoms with Gasteiger partial charge in [0.25, 0.3) is 0 Å². The average Bonchev–Trinajstić information content (AvgIpc) is 2.56. The maximum Gasteiger partial charge on any atom is 0.225 e. The summed E-state index contributed by atoms with van der Waals surface area (Å²) in [7, 11) is 6.16. The number of aromatic amines is 1. The van der Waals surface area contributed by atoms with E-state index in [0.29, 0.717) is 10.8 Å². The Balaban J connectivity index is 2.83. The second-order valence-corrected chi connectivity index (χ2v) is 4.90. The van der Waals surface area contributed by atoms with Crippen molar-refractivity contribution in [2.75, 3.05) is 39.1 Å². The molecular weight excluding hydrogens is 222 g/mol. The van der Waals surface area contributed by atoms with Gasteiger partial charge in [-0.15, -0.1) is 5.10 Å². The lowest BCUT2D eigenvalue weighted by Gasteiger charge is -2.22. The highest BCUT2D eigenvalue weighted by Crippen LogP contribution is 2.15. The molecule has 0 saturated carbocycles. The number of aromatic nitrogens is 3. The number of rotatable bonds is 5. The number of hydrogen-bond acceptors (Lipinski definition) is 4. The molecule has 0 amide bonds. The Bertz CT molecular complexity index is 379. The maximum absolute atomic E-state index is 5.21. The number of H-pyrrole nitrogens is 1. The Kier molecular flexibility index (Phi) is 4.49. The predicted molar refractivity (Wildman–Crippen MR) is 69.6 cm³/mol. The van der Waals surface area contributed by atoms with Crippen molar-refractivity contribution < 1.29 is 0 Å². The number of nitrogens with zero attached hydrogens (tertiary/aromatic N) is 4. The Morgan fingerprint density at radius 3 is 2.44 bits per heavy atom. The van der Waals surface area contributed by atoms with E-state index in [1.807, 2.05) is 11.6 Å². The van der Waals surface area contributed by atoms with Crippen molar-refractivity contribution in [2.45, 2.75) is 19.9 Å². The quantitative estimate of drug-likeness (QED) is 0.796. The number of hydrogen-bond donors (Lipinski definition) is 1. The lowest BCUT2D eigenvalue weighted by molar-refractivity contribution is 0.414. The first kappa shape index (κ1) is 13.2. The van der Waals surface area contributed by atoms with E-state index < -0.39 is 0 Å². The summed E-state index contributed by atoms with van der Waals surface area (Å²) in [6, 6.07) is 0.322. The van der Waals surface area contributed by atoms with Crippen molar-refractivity contribution in [2.24, 2.45) is 0 Å². The largest absolute Gasteiger partial charge is 0.343 e. The molecule has 0 aliphatic rings. The third kappa shape index (κ3) is 3.05. The summed E-state index contributed by atoms with van der Waals surface area (Å²) in [5, 5.41) is 7.12. The standard InChI is InChI=1S/C10H21N5S/c1-8(2)15-9(11-12-10(15)16)14(5)7-6-13(3)4/h8H,6-7H2,1-5H3,(H,12,16). The molecule has 1 N–H and O–H groups in total. The highest BCUT2D eigenvalue weighted by atomic mass is 32.1. The normalized spacial score (nSPS) is 11.4. The zero-order chi connectivity index (χ0) is 12.3. The van der Waals surface area contributed by atoms with Crippen molar-refractivity contribution in [1.82, 2.24) is 19.7 Å². The van der Waals surface area contributed by atoms with Gasteiger partial charge < -0.3 is 9.80 Å². The molecule has 0 fully saturated rings. The highest BCUT2D eigenvalue weighted by molar-refractivity contribution is 7.71. The van der Waals surface area contributed by atoms with Crippen LogP contribution < -0.4 is 4.90 Å². The second kappa shape index (κ2) is 5.45. The van der Waals surface area contributed by atoms with Crippen molar-refractivity contribution in [3.8, 4) is 0 Å². The molecule has 0 aliphatic heterocycles. The maximum atomic E-state index is 5.21. The first-order valence-electron chi connectivity index (χ1n) is 5.46. The molecule has 1 rings (SSSR count). The van der Waals surface area contributed by atoms with E-state index in [0.717, 1.165) is 19.0 Å². The van der Waals surface area contributed by atoms with Crippen LogP contribution in [0, 0.1) is 4.77 Å². The zero-order valence-electron chi connectivity index (χ0n) is 10.7. The highest BCUT2D eigenvalue weighted by Gasteiger charge is 2.13. The van der Waals surface area contributed by atoms with Crippen LogP contribution in [0.25, 0.3) is 0 Å². The van der Waals surface area contributed by atoms with Crippen LogP contribution in [0.5, 0.6) is 0 Å². The minimum atomic E-state index is 0.322. The van der Waals surface area contributed by atoms with Crippen LogP contribution in [-0.4, -0.2) is 53.9 Å². The van der Waals surface area contributed by atoms with Crippen LogP contribution in [0.15, 0.2) is 0 Å². The molecule has 16 heavy (non-hydrogen) atoms. The van der Waals surface area contributed by atoms with Crippen LogP contribution in [0.1, 0.15) is 19.9 Å². The minimum absolute atomic E-state index is 0.322. The van der Waals surface area contributed by atoms with Gasteiger partial charge in [-0.25, -0.2) is 5.10 Å². The molecule has 92 valence electrons. The average molecular weight is 243 g/mol. The van der Waals surface area contributed by atoms with Gasteiger partial charge in [0.1, 0.15) is 0 Å². The van der Waals surface area contributed by atoms with Gasteiger partial charge in [0, 0.05) is 26.2 Å². The molecular formula is C10H21N5S. The lowest BCUT2D eigenvalue weighted by atomic mass is 10.4. The van der Waals surface area contributed by atoms with Gasteiger partial charge in [0.05, 0.1) is 0 Å². The molecule has 0 unspecified atom stereocenters. The van der Waals surface area contributed by atoms with E-state index in [1.54, 1.807) is 0 Å². The summed E-state index contributed by atoms with van der Waals surface area (Å²) >= 11 is 5.21. The summed E-state index contributed by atoms with van der Waals surface area (Å²) in [6.07, 6.45) is 0. The van der Waals surface area contributed by atoms with E-state index in [2.05, 4.69) is 47.9 Å². The molecule has 1 heterocycles. The van der Waals surface area contributed by atoms with Crippen molar-refractivity contribution in [3.05, 3.63) is 4.77 Å². The summed E-state index contributed by atoms with van der Waals surface area (Å²) in [6.45, 7) is 6.14. The molecule has 0 saturated heterocycles. The van der Waals surface area contributed by atoms with Gasteiger partial charge in [0.15, 0.2) is 4.77 Å². The van der Waals surface area contributed by atoms with Gasteiger partial charge in [-0.05, 0) is 40.2 Å². The fourth-order valence-electron chi connectivity index (χ4n) is 1.48. The monoisotopic (exact) mass is 243 g/mol. The van der Waals surface area contributed by atoms with Crippen molar-refractivity contribution >= 4 is 18.2 Å². The van der Waals surface area contributed by atoms with Gasteiger partial charge >= 0.3 is 0 Å². The summed E-state index contributed by atoms with van der Waals surface area (Å²) < 4.78 is 2.71. The Hall–Kier alpha value is -0.880. The number of anilines is 1. The van der Waals surface area contributed by atoms with E-state index in [-0.39, 0.29) is 0 Å². The minimum Gasteiger partial charge on any atom is -0.343 e. The third-order valence-corrected chi connectivity index (χ3v) is 2.71. The van der Waals surface area contributed by atoms with Crippen LogP contribution >= 0.6 is 12.2 Å². The van der Waals surface area contributed by atoms with Gasteiger partial charge in [-0.1, -0.05) is 0 Å².